The van der Waals surface area contributed by atoms with E-state index in [4.69, 9.17) is 4.74 Å². The molecular weight excluding hydrogens is 384 g/mol. The van der Waals surface area contributed by atoms with Crippen molar-refractivity contribution in [3.8, 4) is 17.0 Å². The van der Waals surface area contributed by atoms with Gasteiger partial charge in [0.25, 0.3) is 11.9 Å². The zero-order chi connectivity index (χ0) is 20.5. The minimum absolute atomic E-state index is 0.0979. The lowest BCUT2D eigenvalue weighted by atomic mass is 10.0. The second kappa shape index (κ2) is 7.67. The highest BCUT2D eigenvalue weighted by atomic mass is 32.1. The van der Waals surface area contributed by atoms with Crippen LogP contribution in [0.3, 0.4) is 0 Å². The maximum Gasteiger partial charge on any atom is 0.264 e. The molecule has 0 saturated carbocycles. The first kappa shape index (κ1) is 19.1. The average molecular weight is 407 g/mol. The van der Waals surface area contributed by atoms with Crippen LogP contribution in [0.15, 0.2) is 41.8 Å². The number of carbonyl (C=O) groups is 1. The van der Waals surface area contributed by atoms with Crippen molar-refractivity contribution in [3.63, 3.8) is 0 Å². The van der Waals surface area contributed by atoms with Gasteiger partial charge in [0, 0.05) is 10.9 Å². The van der Waals surface area contributed by atoms with Gasteiger partial charge in [-0.05, 0) is 56.5 Å². The Morgan fingerprint density at radius 3 is 2.66 bits per heavy atom. The summed E-state index contributed by atoms with van der Waals surface area (Å²) in [4.78, 5) is 17.4. The number of thiazole rings is 1. The van der Waals surface area contributed by atoms with E-state index in [1.165, 1.54) is 28.0 Å². The van der Waals surface area contributed by atoms with E-state index in [-0.39, 0.29) is 18.5 Å². The molecular formula is C22H22N4O2S. The van der Waals surface area contributed by atoms with E-state index in [1.54, 1.807) is 4.52 Å². The zero-order valence-corrected chi connectivity index (χ0v) is 17.6. The Bertz CT molecular complexity index is 1210. The molecule has 0 unspecified atom stereocenters. The molecule has 6 nitrogen and oxygen atoms in total. The molecule has 2 aromatic carbocycles. The van der Waals surface area contributed by atoms with Crippen LogP contribution in [0.1, 0.15) is 22.3 Å². The summed E-state index contributed by atoms with van der Waals surface area (Å²) in [5.74, 6) is 0.644. The van der Waals surface area contributed by atoms with Crippen LogP contribution >= 0.6 is 11.3 Å². The predicted octanol–water partition coefficient (Wildman–Crippen LogP) is 4.71. The summed E-state index contributed by atoms with van der Waals surface area (Å²) in [7, 11) is 0. The molecule has 1 N–H and O–H groups in total. The van der Waals surface area contributed by atoms with Crippen molar-refractivity contribution in [3.05, 3.63) is 64.0 Å². The Hall–Kier alpha value is -3.19. The summed E-state index contributed by atoms with van der Waals surface area (Å²) < 4.78 is 7.35. The van der Waals surface area contributed by atoms with Gasteiger partial charge in [-0.15, -0.1) is 16.4 Å². The van der Waals surface area contributed by atoms with Gasteiger partial charge in [-0.2, -0.15) is 4.98 Å². The topological polar surface area (TPSA) is 68.5 Å². The van der Waals surface area contributed by atoms with Gasteiger partial charge in [-0.3, -0.25) is 10.1 Å². The molecule has 0 radical (unpaired) electrons. The van der Waals surface area contributed by atoms with Gasteiger partial charge in [-0.25, -0.2) is 4.52 Å². The van der Waals surface area contributed by atoms with E-state index in [0.29, 0.717) is 5.75 Å². The number of carbonyl (C=O) groups excluding carboxylic acids is 1. The molecule has 29 heavy (non-hydrogen) atoms. The van der Waals surface area contributed by atoms with Gasteiger partial charge >= 0.3 is 0 Å². The molecule has 0 bridgehead atoms. The Morgan fingerprint density at radius 1 is 1.07 bits per heavy atom. The van der Waals surface area contributed by atoms with Crippen molar-refractivity contribution in [2.24, 2.45) is 0 Å². The van der Waals surface area contributed by atoms with E-state index in [2.05, 4.69) is 47.4 Å². The van der Waals surface area contributed by atoms with Gasteiger partial charge < -0.3 is 4.74 Å². The number of nitrogens with one attached hydrogen (secondary N) is 1. The number of hydrogen-bond donors (Lipinski definition) is 1. The lowest BCUT2D eigenvalue weighted by molar-refractivity contribution is -0.118. The van der Waals surface area contributed by atoms with E-state index in [9.17, 15) is 4.79 Å². The zero-order valence-electron chi connectivity index (χ0n) is 16.8. The maximum absolute atomic E-state index is 12.3. The summed E-state index contributed by atoms with van der Waals surface area (Å²) >= 11 is 1.49. The first-order valence-electron chi connectivity index (χ1n) is 9.32. The van der Waals surface area contributed by atoms with Gasteiger partial charge in [0.15, 0.2) is 6.61 Å². The molecule has 4 rings (SSSR count). The highest BCUT2D eigenvalue weighted by Crippen LogP contribution is 2.28. The number of fused-ring (bicyclic) bond motifs is 1. The fourth-order valence-electron chi connectivity index (χ4n) is 3.13. The Kier molecular flexibility index (Phi) is 5.07. The molecule has 0 atom stereocenters. The summed E-state index contributed by atoms with van der Waals surface area (Å²) in [6, 6.07) is 12.1. The lowest BCUT2D eigenvalue weighted by Gasteiger charge is -2.07. The number of hydrogen-bond acceptors (Lipinski definition) is 5. The molecule has 0 aliphatic carbocycles. The molecule has 0 aliphatic heterocycles. The van der Waals surface area contributed by atoms with Crippen molar-refractivity contribution in [2.75, 3.05) is 11.9 Å². The molecule has 4 aromatic rings. The molecule has 0 aliphatic rings. The SMILES string of the molecule is Cc1ccc(-c2csc3nc(NC(=O)COc4ccc(C)c(C)c4)nn23)c(C)c1. The highest BCUT2D eigenvalue weighted by molar-refractivity contribution is 7.15. The predicted molar refractivity (Wildman–Crippen MR) is 116 cm³/mol. The van der Waals surface area contributed by atoms with Gasteiger partial charge in [-0.1, -0.05) is 29.8 Å². The largest absolute Gasteiger partial charge is 0.484 e. The number of aromatic nitrogens is 3. The molecule has 1 amide bonds. The number of ether oxygens (including phenoxy) is 1. The van der Waals surface area contributed by atoms with Crippen LogP contribution in [0, 0.1) is 27.7 Å². The molecule has 7 heteroatoms. The average Bonchev–Trinajstić information content (AvgIpc) is 3.23. The van der Waals surface area contributed by atoms with Crippen LogP contribution in [0.4, 0.5) is 5.95 Å². The van der Waals surface area contributed by atoms with Crippen molar-refractivity contribution < 1.29 is 9.53 Å². The second-order valence-electron chi connectivity index (χ2n) is 7.15. The van der Waals surface area contributed by atoms with E-state index in [1.807, 2.05) is 37.4 Å². The molecule has 0 spiro atoms. The maximum atomic E-state index is 12.3. The van der Waals surface area contributed by atoms with E-state index in [0.717, 1.165) is 21.8 Å². The minimum atomic E-state index is -0.297. The first-order chi connectivity index (χ1) is 13.9. The highest BCUT2D eigenvalue weighted by Gasteiger charge is 2.15. The van der Waals surface area contributed by atoms with E-state index >= 15 is 0 Å². The first-order valence-corrected chi connectivity index (χ1v) is 10.2. The number of rotatable bonds is 5. The monoisotopic (exact) mass is 406 g/mol. The summed E-state index contributed by atoms with van der Waals surface area (Å²) in [6.07, 6.45) is 0. The molecule has 0 saturated heterocycles. The van der Waals surface area contributed by atoms with Gasteiger partial charge in [0.2, 0.25) is 4.96 Å². The van der Waals surface area contributed by atoms with E-state index < -0.39 is 0 Å². The normalized spacial score (nSPS) is 11.0. The Labute approximate surface area is 173 Å². The third-order valence-electron chi connectivity index (χ3n) is 4.84. The molecule has 0 fully saturated rings. The van der Waals surface area contributed by atoms with Gasteiger partial charge in [0.05, 0.1) is 5.69 Å². The van der Waals surface area contributed by atoms with Crippen molar-refractivity contribution in [1.29, 1.82) is 0 Å². The number of benzene rings is 2. The number of anilines is 1. The summed E-state index contributed by atoms with van der Waals surface area (Å²) in [6.45, 7) is 8.10. The van der Waals surface area contributed by atoms with Crippen molar-refractivity contribution in [1.82, 2.24) is 14.6 Å². The summed E-state index contributed by atoms with van der Waals surface area (Å²) in [5.41, 5.74) is 6.76. The second-order valence-corrected chi connectivity index (χ2v) is 7.99. The molecule has 2 aromatic heterocycles. The van der Waals surface area contributed by atoms with Crippen molar-refractivity contribution >= 4 is 28.2 Å². The Morgan fingerprint density at radius 2 is 1.90 bits per heavy atom. The fourth-order valence-corrected chi connectivity index (χ4v) is 3.96. The van der Waals surface area contributed by atoms with Crippen LogP contribution < -0.4 is 10.1 Å². The number of amides is 1. The lowest BCUT2D eigenvalue weighted by Crippen LogP contribution is -2.21. The van der Waals surface area contributed by atoms with Gasteiger partial charge in [0.1, 0.15) is 5.75 Å². The third-order valence-corrected chi connectivity index (χ3v) is 5.66. The third kappa shape index (κ3) is 4.00. The van der Waals surface area contributed by atoms with Crippen LogP contribution in [-0.4, -0.2) is 27.1 Å². The smallest absolute Gasteiger partial charge is 0.264 e. The van der Waals surface area contributed by atoms with Crippen LogP contribution in [0.5, 0.6) is 5.75 Å². The minimum Gasteiger partial charge on any atom is -0.484 e. The Balaban J connectivity index is 1.48. The summed E-state index contributed by atoms with van der Waals surface area (Å²) in [5, 5.41) is 9.21. The fraction of sp³-hybridized carbons (Fsp3) is 0.227. The number of aryl methyl sites for hydroxylation is 4. The van der Waals surface area contributed by atoms with Crippen LogP contribution in [0.2, 0.25) is 0 Å². The quantitative estimate of drug-likeness (QED) is 0.521. The standard InChI is InChI=1S/C22H22N4O2S/c1-13-5-8-18(16(4)9-13)19-12-29-22-24-21(25-26(19)22)23-20(27)11-28-17-7-6-14(2)15(3)10-17/h5-10,12H,11H2,1-4H3,(H,23,25,27). The van der Waals surface area contributed by atoms with Crippen LogP contribution in [-0.2, 0) is 4.79 Å². The van der Waals surface area contributed by atoms with Crippen molar-refractivity contribution in [2.45, 2.75) is 27.7 Å². The molecule has 2 heterocycles. The van der Waals surface area contributed by atoms with Crippen LogP contribution in [0.25, 0.3) is 16.2 Å². The molecule has 148 valence electrons. The number of nitrogens with zero attached hydrogens (tertiary/aromatic N) is 3.